The van der Waals surface area contributed by atoms with Crippen molar-refractivity contribution >= 4 is 11.8 Å². The van der Waals surface area contributed by atoms with E-state index in [1.807, 2.05) is 24.3 Å². The van der Waals surface area contributed by atoms with Crippen LogP contribution in [-0.4, -0.2) is 49.9 Å². The Morgan fingerprint density at radius 2 is 1.92 bits per heavy atom. The molecule has 3 atom stereocenters. The summed E-state index contributed by atoms with van der Waals surface area (Å²) in [6.45, 7) is 0.751. The van der Waals surface area contributed by atoms with Crippen molar-refractivity contribution in [2.24, 2.45) is 5.92 Å². The minimum absolute atomic E-state index is 0.108. The number of aliphatic hydroxyl groups excluding tert-OH is 1. The first-order chi connectivity index (χ1) is 12.0. The van der Waals surface area contributed by atoms with Gasteiger partial charge in [-0.25, -0.2) is 0 Å². The first kappa shape index (κ1) is 19.2. The average Bonchev–Trinajstić information content (AvgIpc) is 2.99. The molecule has 1 fully saturated rings. The van der Waals surface area contributed by atoms with E-state index in [1.54, 1.807) is 7.11 Å². The van der Waals surface area contributed by atoms with Crippen LogP contribution in [0.5, 0.6) is 5.75 Å². The highest BCUT2D eigenvalue weighted by atomic mass is 16.5. The Kier molecular flexibility index (Phi) is 7.21. The van der Waals surface area contributed by atoms with Crippen molar-refractivity contribution in [2.75, 3.05) is 20.8 Å². The highest BCUT2D eigenvalue weighted by Gasteiger charge is 2.37. The molecular weight excluding hydrogens is 324 g/mol. The van der Waals surface area contributed by atoms with Crippen LogP contribution in [0.15, 0.2) is 24.3 Å². The standard InChI is InChI=1S/C18H26N2O5/c1-24-8-7-17(22)20-15-9-13(10-16(15)21)18(23)19-11-12-3-5-14(25-2)6-4-12/h3-6,13,15-16,21H,7-11H2,1-2H3,(H,19,23)(H,20,22)/t13-,15+,16+/m0/s1. The number of methoxy groups -OCH3 is 2. The molecule has 2 amide bonds. The summed E-state index contributed by atoms with van der Waals surface area (Å²) < 4.78 is 9.95. The molecule has 0 unspecified atom stereocenters. The average molecular weight is 350 g/mol. The summed E-state index contributed by atoms with van der Waals surface area (Å²) >= 11 is 0. The largest absolute Gasteiger partial charge is 0.497 e. The van der Waals surface area contributed by atoms with Gasteiger partial charge in [0.15, 0.2) is 0 Å². The lowest BCUT2D eigenvalue weighted by Gasteiger charge is -2.16. The SMILES string of the molecule is COCCC(=O)N[C@@H]1C[C@H](C(=O)NCc2ccc(OC)cc2)C[C@H]1O. The molecular formula is C18H26N2O5. The van der Waals surface area contributed by atoms with Crippen molar-refractivity contribution in [1.29, 1.82) is 0 Å². The van der Waals surface area contributed by atoms with Gasteiger partial charge in [-0.3, -0.25) is 9.59 Å². The fourth-order valence-corrected chi connectivity index (χ4v) is 2.94. The number of carbonyl (C=O) groups excluding carboxylic acids is 2. The minimum Gasteiger partial charge on any atom is -0.497 e. The van der Waals surface area contributed by atoms with Gasteiger partial charge < -0.3 is 25.2 Å². The predicted molar refractivity (Wildman–Crippen MR) is 92.0 cm³/mol. The van der Waals surface area contributed by atoms with Crippen LogP contribution in [0.4, 0.5) is 0 Å². The maximum Gasteiger partial charge on any atom is 0.223 e. The van der Waals surface area contributed by atoms with E-state index in [4.69, 9.17) is 9.47 Å². The van der Waals surface area contributed by atoms with Gasteiger partial charge in [0.05, 0.1) is 25.9 Å². The Morgan fingerprint density at radius 3 is 2.56 bits per heavy atom. The maximum atomic E-state index is 12.3. The van der Waals surface area contributed by atoms with Crippen LogP contribution in [0.25, 0.3) is 0 Å². The summed E-state index contributed by atoms with van der Waals surface area (Å²) in [5, 5.41) is 15.7. The molecule has 7 heteroatoms. The van der Waals surface area contributed by atoms with Crippen molar-refractivity contribution in [1.82, 2.24) is 10.6 Å². The van der Waals surface area contributed by atoms with E-state index in [0.29, 0.717) is 26.0 Å². The number of hydrogen-bond donors (Lipinski definition) is 3. The second kappa shape index (κ2) is 9.39. The zero-order chi connectivity index (χ0) is 18.2. The highest BCUT2D eigenvalue weighted by molar-refractivity contribution is 5.80. The molecule has 1 aliphatic carbocycles. The summed E-state index contributed by atoms with van der Waals surface area (Å²) in [6.07, 6.45) is 0.328. The van der Waals surface area contributed by atoms with Crippen molar-refractivity contribution in [2.45, 2.75) is 38.0 Å². The molecule has 138 valence electrons. The number of aliphatic hydroxyl groups is 1. The third kappa shape index (κ3) is 5.72. The molecule has 2 rings (SSSR count). The second-order valence-corrected chi connectivity index (χ2v) is 6.22. The van der Waals surface area contributed by atoms with Crippen molar-refractivity contribution < 1.29 is 24.2 Å². The van der Waals surface area contributed by atoms with Crippen LogP contribution in [0.3, 0.4) is 0 Å². The first-order valence-electron chi connectivity index (χ1n) is 8.40. The molecule has 3 N–H and O–H groups in total. The number of benzene rings is 1. The van der Waals surface area contributed by atoms with E-state index in [-0.39, 0.29) is 30.2 Å². The monoisotopic (exact) mass is 350 g/mol. The van der Waals surface area contributed by atoms with Crippen molar-refractivity contribution in [3.63, 3.8) is 0 Å². The molecule has 7 nitrogen and oxygen atoms in total. The lowest BCUT2D eigenvalue weighted by atomic mass is 10.1. The van der Waals surface area contributed by atoms with Gasteiger partial charge in [0.2, 0.25) is 11.8 Å². The van der Waals surface area contributed by atoms with E-state index < -0.39 is 6.10 Å². The Morgan fingerprint density at radius 1 is 1.20 bits per heavy atom. The predicted octanol–water partition coefficient (Wildman–Crippen LogP) is 0.604. The molecule has 0 aliphatic heterocycles. The fraction of sp³-hybridized carbons (Fsp3) is 0.556. The van der Waals surface area contributed by atoms with Crippen LogP contribution >= 0.6 is 0 Å². The summed E-state index contributed by atoms with van der Waals surface area (Å²) in [4.78, 5) is 24.0. The van der Waals surface area contributed by atoms with Gasteiger partial charge in [-0.05, 0) is 30.5 Å². The Labute approximate surface area is 147 Å². The van der Waals surface area contributed by atoms with Crippen LogP contribution in [0.2, 0.25) is 0 Å². The van der Waals surface area contributed by atoms with Crippen LogP contribution in [-0.2, 0) is 20.9 Å². The molecule has 0 heterocycles. The van der Waals surface area contributed by atoms with Gasteiger partial charge in [0.1, 0.15) is 5.75 Å². The molecule has 0 aromatic heterocycles. The maximum absolute atomic E-state index is 12.3. The Balaban J connectivity index is 1.79. The number of hydrogen-bond acceptors (Lipinski definition) is 5. The van der Waals surface area contributed by atoms with Gasteiger partial charge in [0, 0.05) is 26.0 Å². The van der Waals surface area contributed by atoms with Gasteiger partial charge in [0.25, 0.3) is 0 Å². The zero-order valence-electron chi connectivity index (χ0n) is 14.7. The topological polar surface area (TPSA) is 96.9 Å². The van der Waals surface area contributed by atoms with E-state index in [2.05, 4.69) is 10.6 Å². The molecule has 1 saturated carbocycles. The second-order valence-electron chi connectivity index (χ2n) is 6.22. The normalized spacial score (nSPS) is 22.4. The molecule has 0 saturated heterocycles. The number of rotatable bonds is 8. The summed E-state index contributed by atoms with van der Waals surface area (Å²) in [7, 11) is 3.13. The van der Waals surface area contributed by atoms with Gasteiger partial charge >= 0.3 is 0 Å². The molecule has 1 aromatic rings. The summed E-state index contributed by atoms with van der Waals surface area (Å²) in [5.41, 5.74) is 0.970. The van der Waals surface area contributed by atoms with Crippen molar-refractivity contribution in [3.05, 3.63) is 29.8 Å². The quantitative estimate of drug-likeness (QED) is 0.638. The van der Waals surface area contributed by atoms with Gasteiger partial charge in [-0.1, -0.05) is 12.1 Å². The van der Waals surface area contributed by atoms with Crippen LogP contribution in [0, 0.1) is 5.92 Å². The van der Waals surface area contributed by atoms with Gasteiger partial charge in [-0.2, -0.15) is 0 Å². The minimum atomic E-state index is -0.705. The number of amides is 2. The Hall–Kier alpha value is -2.12. The smallest absolute Gasteiger partial charge is 0.223 e. The molecule has 0 spiro atoms. The van der Waals surface area contributed by atoms with E-state index in [1.165, 1.54) is 7.11 Å². The van der Waals surface area contributed by atoms with Crippen molar-refractivity contribution in [3.8, 4) is 5.75 Å². The third-order valence-electron chi connectivity index (χ3n) is 4.41. The molecule has 1 aliphatic rings. The third-order valence-corrected chi connectivity index (χ3v) is 4.41. The lowest BCUT2D eigenvalue weighted by molar-refractivity contribution is -0.126. The summed E-state index contributed by atoms with van der Waals surface area (Å²) in [5.74, 6) is 0.177. The Bertz CT molecular complexity index is 575. The number of carbonyl (C=O) groups is 2. The molecule has 1 aromatic carbocycles. The van der Waals surface area contributed by atoms with E-state index in [9.17, 15) is 14.7 Å². The summed E-state index contributed by atoms with van der Waals surface area (Å²) in [6, 6.07) is 7.07. The fourth-order valence-electron chi connectivity index (χ4n) is 2.94. The van der Waals surface area contributed by atoms with Crippen LogP contribution < -0.4 is 15.4 Å². The van der Waals surface area contributed by atoms with E-state index >= 15 is 0 Å². The molecule has 0 bridgehead atoms. The zero-order valence-corrected chi connectivity index (χ0v) is 14.7. The van der Waals surface area contributed by atoms with Crippen LogP contribution in [0.1, 0.15) is 24.8 Å². The number of ether oxygens (including phenoxy) is 2. The highest BCUT2D eigenvalue weighted by Crippen LogP contribution is 2.26. The molecule has 0 radical (unpaired) electrons. The first-order valence-corrected chi connectivity index (χ1v) is 8.40. The number of nitrogens with one attached hydrogen (secondary N) is 2. The van der Waals surface area contributed by atoms with E-state index in [0.717, 1.165) is 11.3 Å². The lowest BCUT2D eigenvalue weighted by Crippen LogP contribution is -2.40. The molecule has 25 heavy (non-hydrogen) atoms. The van der Waals surface area contributed by atoms with Gasteiger partial charge in [-0.15, -0.1) is 0 Å².